The van der Waals surface area contributed by atoms with Gasteiger partial charge in [-0.25, -0.2) is 0 Å². The van der Waals surface area contributed by atoms with Crippen LogP contribution >= 0.6 is 11.8 Å². The molecule has 0 saturated heterocycles. The van der Waals surface area contributed by atoms with Gasteiger partial charge in [-0.05, 0) is 31.2 Å². The van der Waals surface area contributed by atoms with Crippen LogP contribution in [-0.4, -0.2) is 30.9 Å². The number of hydrogen-bond acceptors (Lipinski definition) is 4. The minimum atomic E-state index is -0.589. The van der Waals surface area contributed by atoms with Crippen LogP contribution < -0.4 is 14.8 Å². The van der Waals surface area contributed by atoms with Crippen LogP contribution in [0.4, 0.5) is 0 Å². The van der Waals surface area contributed by atoms with Crippen LogP contribution in [0.1, 0.15) is 5.56 Å². The first-order valence-corrected chi connectivity index (χ1v) is 8.56. The monoisotopic (exact) mass is 329 g/mol. The lowest BCUT2D eigenvalue weighted by Crippen LogP contribution is -2.44. The molecule has 1 atom stereocenters. The molecule has 1 aliphatic heterocycles. The Balaban J connectivity index is 1.42. The summed E-state index contributed by atoms with van der Waals surface area (Å²) < 4.78 is 11.2. The first-order valence-electron chi connectivity index (χ1n) is 7.58. The largest absolute Gasteiger partial charge is 0.485 e. The lowest BCUT2D eigenvalue weighted by Gasteiger charge is -2.25. The minimum Gasteiger partial charge on any atom is -0.485 e. The number of thioether (sulfide) groups is 1. The summed E-state index contributed by atoms with van der Waals surface area (Å²) in [5, 5.41) is 2.90. The summed E-state index contributed by atoms with van der Waals surface area (Å²) in [6, 6.07) is 15.8. The third kappa shape index (κ3) is 4.20. The molecule has 0 spiro atoms. The first kappa shape index (κ1) is 15.7. The summed E-state index contributed by atoms with van der Waals surface area (Å²) in [6.45, 7) is 2.91. The van der Waals surface area contributed by atoms with E-state index in [2.05, 4.69) is 36.5 Å². The van der Waals surface area contributed by atoms with E-state index in [1.807, 2.05) is 24.3 Å². The smallest absolute Gasteiger partial charge is 0.264 e. The van der Waals surface area contributed by atoms with Gasteiger partial charge >= 0.3 is 0 Å². The van der Waals surface area contributed by atoms with Crippen LogP contribution in [0.3, 0.4) is 0 Å². The quantitative estimate of drug-likeness (QED) is 0.676. The Morgan fingerprint density at radius 3 is 2.70 bits per heavy atom. The zero-order valence-corrected chi connectivity index (χ0v) is 13.8. The van der Waals surface area contributed by atoms with Gasteiger partial charge in [0, 0.05) is 17.2 Å². The highest BCUT2D eigenvalue weighted by Crippen LogP contribution is 2.30. The van der Waals surface area contributed by atoms with Crippen LogP contribution in [0, 0.1) is 6.92 Å². The van der Waals surface area contributed by atoms with E-state index < -0.39 is 6.10 Å². The lowest BCUT2D eigenvalue weighted by atomic mass is 10.2. The second-order valence-electron chi connectivity index (χ2n) is 5.32. The van der Waals surface area contributed by atoms with Gasteiger partial charge in [0.15, 0.2) is 11.5 Å². The van der Waals surface area contributed by atoms with Crippen molar-refractivity contribution in [3.8, 4) is 11.5 Å². The number of fused-ring (bicyclic) bond motifs is 1. The molecule has 23 heavy (non-hydrogen) atoms. The molecule has 0 unspecified atom stereocenters. The van der Waals surface area contributed by atoms with E-state index in [0.29, 0.717) is 18.0 Å². The lowest BCUT2D eigenvalue weighted by molar-refractivity contribution is -0.130. The van der Waals surface area contributed by atoms with Crippen molar-refractivity contribution >= 4 is 17.7 Å². The van der Waals surface area contributed by atoms with Crippen molar-refractivity contribution in [2.45, 2.75) is 17.9 Å². The molecule has 1 heterocycles. The van der Waals surface area contributed by atoms with Gasteiger partial charge in [0.1, 0.15) is 6.61 Å². The maximum absolute atomic E-state index is 12.1. The van der Waals surface area contributed by atoms with E-state index >= 15 is 0 Å². The number of amides is 1. The van der Waals surface area contributed by atoms with Crippen molar-refractivity contribution in [1.29, 1.82) is 0 Å². The summed E-state index contributed by atoms with van der Waals surface area (Å²) in [5.74, 6) is 1.99. The summed E-state index contributed by atoms with van der Waals surface area (Å²) in [6.07, 6.45) is -0.589. The molecule has 1 aliphatic rings. The third-order valence-corrected chi connectivity index (χ3v) is 4.51. The number of hydrogen-bond donors (Lipinski definition) is 1. The Morgan fingerprint density at radius 2 is 1.91 bits per heavy atom. The Hall–Kier alpha value is -2.14. The molecule has 0 bridgehead atoms. The van der Waals surface area contributed by atoms with Gasteiger partial charge in [0.2, 0.25) is 6.10 Å². The molecule has 2 aromatic rings. The SMILES string of the molecule is Cc1ccc(SCCNC(=O)[C@@H]2COc3ccccc3O2)cc1. The highest BCUT2D eigenvalue weighted by Gasteiger charge is 2.26. The fourth-order valence-electron chi connectivity index (χ4n) is 2.24. The molecule has 0 aromatic heterocycles. The van der Waals surface area contributed by atoms with Gasteiger partial charge in [-0.3, -0.25) is 4.79 Å². The molecule has 120 valence electrons. The van der Waals surface area contributed by atoms with Crippen LogP contribution in [0.25, 0.3) is 0 Å². The van der Waals surface area contributed by atoms with Crippen LogP contribution in [0.5, 0.6) is 11.5 Å². The molecule has 2 aromatic carbocycles. The van der Waals surface area contributed by atoms with Gasteiger partial charge in [0.05, 0.1) is 0 Å². The van der Waals surface area contributed by atoms with Crippen molar-refractivity contribution in [3.63, 3.8) is 0 Å². The summed E-state index contributed by atoms with van der Waals surface area (Å²) in [7, 11) is 0. The minimum absolute atomic E-state index is 0.135. The molecule has 1 amide bonds. The average molecular weight is 329 g/mol. The molecule has 0 saturated carbocycles. The van der Waals surface area contributed by atoms with Gasteiger partial charge in [-0.15, -0.1) is 11.8 Å². The van der Waals surface area contributed by atoms with Crippen LogP contribution in [0.2, 0.25) is 0 Å². The third-order valence-electron chi connectivity index (χ3n) is 3.49. The predicted molar refractivity (Wildman–Crippen MR) is 91.3 cm³/mol. The van der Waals surface area contributed by atoms with Gasteiger partial charge < -0.3 is 14.8 Å². The summed E-state index contributed by atoms with van der Waals surface area (Å²) >= 11 is 1.72. The molecule has 1 N–H and O–H groups in total. The molecule has 5 heteroatoms. The molecular weight excluding hydrogens is 310 g/mol. The molecule has 0 aliphatic carbocycles. The Kier molecular flexibility index (Phi) is 5.08. The average Bonchev–Trinajstić information content (AvgIpc) is 2.59. The van der Waals surface area contributed by atoms with Crippen molar-refractivity contribution in [2.24, 2.45) is 0 Å². The molecule has 4 nitrogen and oxygen atoms in total. The van der Waals surface area contributed by atoms with Crippen molar-refractivity contribution in [1.82, 2.24) is 5.32 Å². The molecule has 0 radical (unpaired) electrons. The van der Waals surface area contributed by atoms with E-state index in [4.69, 9.17) is 9.47 Å². The van der Waals surface area contributed by atoms with Gasteiger partial charge in [-0.2, -0.15) is 0 Å². The van der Waals surface area contributed by atoms with E-state index in [0.717, 1.165) is 5.75 Å². The zero-order valence-electron chi connectivity index (χ0n) is 13.0. The number of rotatable bonds is 5. The Bertz CT molecular complexity index is 672. The first-order chi connectivity index (χ1) is 11.2. The topological polar surface area (TPSA) is 47.6 Å². The number of carbonyl (C=O) groups is 1. The second-order valence-corrected chi connectivity index (χ2v) is 6.49. The van der Waals surface area contributed by atoms with Crippen LogP contribution in [0.15, 0.2) is 53.4 Å². The molecule has 3 rings (SSSR count). The number of para-hydroxylation sites is 2. The number of aryl methyl sites for hydroxylation is 1. The molecule has 0 fully saturated rings. The zero-order chi connectivity index (χ0) is 16.1. The normalized spacial score (nSPS) is 16.0. The standard InChI is InChI=1S/C18H19NO3S/c1-13-6-8-14(9-7-13)23-11-10-19-18(20)17-12-21-15-4-2-3-5-16(15)22-17/h2-9,17H,10-12H2,1H3,(H,19,20)/t17-/m0/s1. The number of ether oxygens (including phenoxy) is 2. The fourth-order valence-corrected chi connectivity index (χ4v) is 3.01. The summed E-state index contributed by atoms with van der Waals surface area (Å²) in [4.78, 5) is 13.3. The fraction of sp³-hybridized carbons (Fsp3) is 0.278. The van der Waals surface area contributed by atoms with Gasteiger partial charge in [0.25, 0.3) is 5.91 Å². The van der Waals surface area contributed by atoms with Crippen molar-refractivity contribution in [2.75, 3.05) is 18.9 Å². The van der Waals surface area contributed by atoms with Gasteiger partial charge in [-0.1, -0.05) is 29.8 Å². The summed E-state index contributed by atoms with van der Waals surface area (Å²) in [5.41, 5.74) is 1.25. The maximum Gasteiger partial charge on any atom is 0.264 e. The van der Waals surface area contributed by atoms with Crippen molar-refractivity contribution in [3.05, 3.63) is 54.1 Å². The molecular formula is C18H19NO3S. The van der Waals surface area contributed by atoms with E-state index in [9.17, 15) is 4.79 Å². The van der Waals surface area contributed by atoms with Crippen LogP contribution in [-0.2, 0) is 4.79 Å². The number of benzene rings is 2. The highest BCUT2D eigenvalue weighted by atomic mass is 32.2. The maximum atomic E-state index is 12.1. The predicted octanol–water partition coefficient (Wildman–Crippen LogP) is 3.04. The highest BCUT2D eigenvalue weighted by molar-refractivity contribution is 7.99. The second kappa shape index (κ2) is 7.42. The number of carbonyl (C=O) groups excluding carboxylic acids is 1. The van der Waals surface area contributed by atoms with E-state index in [1.54, 1.807) is 11.8 Å². The van der Waals surface area contributed by atoms with Crippen molar-refractivity contribution < 1.29 is 14.3 Å². The number of nitrogens with one attached hydrogen (secondary N) is 1. The Labute approximate surface area is 140 Å². The van der Waals surface area contributed by atoms with E-state index in [-0.39, 0.29) is 12.5 Å². The van der Waals surface area contributed by atoms with E-state index in [1.165, 1.54) is 10.5 Å². The Morgan fingerprint density at radius 1 is 1.17 bits per heavy atom.